The molecule has 3 N–H and O–H groups in total. The first kappa shape index (κ1) is 9.67. The highest BCUT2D eigenvalue weighted by Gasteiger charge is 2.12. The van der Waals surface area contributed by atoms with Crippen LogP contribution in [0.3, 0.4) is 0 Å². The zero-order valence-electron chi connectivity index (χ0n) is 6.87. The number of carbonyl (C=O) groups excluding carboxylic acids is 1. The van der Waals surface area contributed by atoms with Crippen LogP contribution in [0.2, 0.25) is 5.02 Å². The summed E-state index contributed by atoms with van der Waals surface area (Å²) in [4.78, 5) is 11.1. The summed E-state index contributed by atoms with van der Waals surface area (Å²) in [6, 6.07) is 2.46. The molecular weight excluding hydrogens is 194 g/mol. The number of hydrogen-bond donors (Lipinski definition) is 2. The van der Waals surface area contributed by atoms with Crippen molar-refractivity contribution < 1.29 is 14.6 Å². The van der Waals surface area contributed by atoms with Crippen molar-refractivity contribution in [2.24, 2.45) is 0 Å². The lowest BCUT2D eigenvalue weighted by Crippen LogP contribution is -2.03. The van der Waals surface area contributed by atoms with Crippen molar-refractivity contribution in [2.75, 3.05) is 12.8 Å². The fourth-order valence-corrected chi connectivity index (χ4v) is 1.08. The molecule has 0 aliphatic rings. The molecule has 0 atom stereocenters. The number of hydrogen-bond acceptors (Lipinski definition) is 4. The predicted molar refractivity (Wildman–Crippen MR) is 48.9 cm³/mol. The van der Waals surface area contributed by atoms with Crippen molar-refractivity contribution >= 4 is 23.3 Å². The number of carbonyl (C=O) groups is 1. The van der Waals surface area contributed by atoms with Gasteiger partial charge in [0.25, 0.3) is 0 Å². The van der Waals surface area contributed by atoms with E-state index in [-0.39, 0.29) is 22.0 Å². The summed E-state index contributed by atoms with van der Waals surface area (Å²) in [7, 11) is 1.24. The molecule has 0 fully saturated rings. The zero-order valence-corrected chi connectivity index (χ0v) is 7.63. The van der Waals surface area contributed by atoms with Crippen LogP contribution in [0.4, 0.5) is 5.69 Å². The summed E-state index contributed by atoms with van der Waals surface area (Å²) in [5, 5.41) is 9.23. The van der Waals surface area contributed by atoms with E-state index in [0.717, 1.165) is 0 Å². The molecule has 0 bridgehead atoms. The van der Waals surface area contributed by atoms with Crippen LogP contribution < -0.4 is 5.73 Å². The van der Waals surface area contributed by atoms with Gasteiger partial charge in [-0.25, -0.2) is 4.79 Å². The van der Waals surface area contributed by atoms with Crippen LogP contribution in [-0.4, -0.2) is 18.2 Å². The van der Waals surface area contributed by atoms with Crippen molar-refractivity contribution in [3.63, 3.8) is 0 Å². The van der Waals surface area contributed by atoms with Crippen LogP contribution in [-0.2, 0) is 4.74 Å². The zero-order chi connectivity index (χ0) is 10.0. The molecule has 1 aromatic rings. The molecular formula is C8H8ClNO3. The van der Waals surface area contributed by atoms with Gasteiger partial charge in [-0.3, -0.25) is 0 Å². The standard InChI is InChI=1S/C8H8ClNO3/c1-13-8(12)4-2-6(10)7(11)3-5(4)9/h2-3,11H,10H2,1H3. The number of rotatable bonds is 1. The fraction of sp³-hybridized carbons (Fsp3) is 0.125. The summed E-state index contributed by atoms with van der Waals surface area (Å²) in [6.07, 6.45) is 0. The molecule has 0 radical (unpaired) electrons. The van der Waals surface area contributed by atoms with E-state index < -0.39 is 5.97 Å². The van der Waals surface area contributed by atoms with Gasteiger partial charge in [-0.1, -0.05) is 11.6 Å². The van der Waals surface area contributed by atoms with Gasteiger partial charge >= 0.3 is 5.97 Å². The van der Waals surface area contributed by atoms with Crippen molar-refractivity contribution in [1.29, 1.82) is 0 Å². The molecule has 0 heterocycles. The number of phenols is 1. The predicted octanol–water partition coefficient (Wildman–Crippen LogP) is 1.41. The third-order valence-corrected chi connectivity index (χ3v) is 1.83. The van der Waals surface area contributed by atoms with Crippen LogP contribution >= 0.6 is 11.6 Å². The van der Waals surface area contributed by atoms with E-state index in [2.05, 4.69) is 4.74 Å². The molecule has 1 aromatic carbocycles. The van der Waals surface area contributed by atoms with Gasteiger partial charge in [-0.05, 0) is 6.07 Å². The number of aromatic hydroxyl groups is 1. The summed E-state index contributed by atoms with van der Waals surface area (Å²) in [5.41, 5.74) is 5.59. The molecule has 0 spiro atoms. The molecule has 1 rings (SSSR count). The van der Waals surface area contributed by atoms with Gasteiger partial charge in [-0.15, -0.1) is 0 Å². The molecule has 0 saturated heterocycles. The summed E-state index contributed by atoms with van der Waals surface area (Å²) in [6.45, 7) is 0. The van der Waals surface area contributed by atoms with E-state index in [4.69, 9.17) is 22.4 Å². The molecule has 0 aromatic heterocycles. The lowest BCUT2D eigenvalue weighted by atomic mass is 10.2. The summed E-state index contributed by atoms with van der Waals surface area (Å²) >= 11 is 5.66. The largest absolute Gasteiger partial charge is 0.506 e. The number of ether oxygens (including phenoxy) is 1. The highest BCUT2D eigenvalue weighted by Crippen LogP contribution is 2.28. The van der Waals surface area contributed by atoms with Gasteiger partial charge in [-0.2, -0.15) is 0 Å². The normalized spacial score (nSPS) is 9.69. The van der Waals surface area contributed by atoms with Crippen molar-refractivity contribution in [3.8, 4) is 5.75 Å². The number of anilines is 1. The van der Waals surface area contributed by atoms with E-state index in [1.54, 1.807) is 0 Å². The average Bonchev–Trinajstić information content (AvgIpc) is 2.10. The molecule has 70 valence electrons. The minimum absolute atomic E-state index is 0.0878. The number of nitrogen functional groups attached to an aromatic ring is 1. The van der Waals surface area contributed by atoms with Crippen molar-refractivity contribution in [3.05, 3.63) is 22.7 Å². The number of nitrogens with two attached hydrogens (primary N) is 1. The molecule has 13 heavy (non-hydrogen) atoms. The Kier molecular flexibility index (Phi) is 2.63. The van der Waals surface area contributed by atoms with Gasteiger partial charge in [0.05, 0.1) is 23.4 Å². The van der Waals surface area contributed by atoms with E-state index in [9.17, 15) is 4.79 Å². The van der Waals surface area contributed by atoms with Gasteiger partial charge < -0.3 is 15.6 Å². The Morgan fingerprint density at radius 3 is 2.77 bits per heavy atom. The van der Waals surface area contributed by atoms with Gasteiger partial charge in [0.1, 0.15) is 5.75 Å². The highest BCUT2D eigenvalue weighted by atomic mass is 35.5. The Morgan fingerprint density at radius 1 is 1.62 bits per heavy atom. The molecule has 0 amide bonds. The lowest BCUT2D eigenvalue weighted by Gasteiger charge is -2.04. The maximum Gasteiger partial charge on any atom is 0.339 e. The minimum Gasteiger partial charge on any atom is -0.506 e. The van der Waals surface area contributed by atoms with E-state index in [1.807, 2.05) is 0 Å². The first-order valence-electron chi connectivity index (χ1n) is 3.42. The lowest BCUT2D eigenvalue weighted by molar-refractivity contribution is 0.0601. The average molecular weight is 202 g/mol. The number of esters is 1. The molecule has 0 saturated carbocycles. The first-order chi connectivity index (χ1) is 6.06. The SMILES string of the molecule is COC(=O)c1cc(N)c(O)cc1Cl. The second-order valence-corrected chi connectivity index (χ2v) is 2.79. The molecule has 0 aliphatic carbocycles. The van der Waals surface area contributed by atoms with Crippen LogP contribution in [0.1, 0.15) is 10.4 Å². The van der Waals surface area contributed by atoms with Crippen molar-refractivity contribution in [2.45, 2.75) is 0 Å². The number of benzene rings is 1. The van der Waals surface area contributed by atoms with Gasteiger partial charge in [0, 0.05) is 6.07 Å². The molecule has 5 heteroatoms. The monoisotopic (exact) mass is 201 g/mol. The Bertz CT molecular complexity index is 351. The van der Waals surface area contributed by atoms with Crippen LogP contribution in [0, 0.1) is 0 Å². The van der Waals surface area contributed by atoms with Crippen LogP contribution in [0.25, 0.3) is 0 Å². The van der Waals surface area contributed by atoms with Crippen LogP contribution in [0.15, 0.2) is 12.1 Å². The van der Waals surface area contributed by atoms with Crippen molar-refractivity contribution in [1.82, 2.24) is 0 Å². The smallest absolute Gasteiger partial charge is 0.339 e. The maximum atomic E-state index is 11.1. The highest BCUT2D eigenvalue weighted by molar-refractivity contribution is 6.33. The second-order valence-electron chi connectivity index (χ2n) is 2.38. The number of phenolic OH excluding ortho intramolecular Hbond substituents is 1. The summed E-state index contributed by atoms with van der Waals surface area (Å²) < 4.78 is 4.45. The first-order valence-corrected chi connectivity index (χ1v) is 3.80. The van der Waals surface area contributed by atoms with E-state index in [1.165, 1.54) is 19.2 Å². The van der Waals surface area contributed by atoms with Gasteiger partial charge in [0.15, 0.2) is 0 Å². The van der Waals surface area contributed by atoms with Crippen LogP contribution in [0.5, 0.6) is 5.75 Å². The number of halogens is 1. The Balaban J connectivity index is 3.23. The van der Waals surface area contributed by atoms with E-state index in [0.29, 0.717) is 0 Å². The Labute approximate surface area is 79.9 Å². The Morgan fingerprint density at radius 2 is 2.23 bits per heavy atom. The third kappa shape index (κ3) is 1.84. The quantitative estimate of drug-likeness (QED) is 0.409. The van der Waals surface area contributed by atoms with E-state index >= 15 is 0 Å². The molecule has 4 nitrogen and oxygen atoms in total. The maximum absolute atomic E-state index is 11.1. The number of methoxy groups -OCH3 is 1. The topological polar surface area (TPSA) is 72.5 Å². The second kappa shape index (κ2) is 3.53. The molecule has 0 aliphatic heterocycles. The minimum atomic E-state index is -0.586. The molecule has 0 unspecified atom stereocenters. The third-order valence-electron chi connectivity index (χ3n) is 1.52. The fourth-order valence-electron chi connectivity index (χ4n) is 0.846. The van der Waals surface area contributed by atoms with Gasteiger partial charge in [0.2, 0.25) is 0 Å². The Hall–Kier alpha value is -1.42. The summed E-state index contributed by atoms with van der Waals surface area (Å²) in [5.74, 6) is -0.741.